The summed E-state index contributed by atoms with van der Waals surface area (Å²) in [4.78, 5) is 26.9. The van der Waals surface area contributed by atoms with Gasteiger partial charge in [-0.1, -0.05) is 18.2 Å². The van der Waals surface area contributed by atoms with E-state index in [1.54, 1.807) is 30.3 Å². The van der Waals surface area contributed by atoms with E-state index in [2.05, 4.69) is 5.32 Å². The van der Waals surface area contributed by atoms with Gasteiger partial charge in [-0.15, -0.1) is 0 Å². The normalized spacial score (nSPS) is 19.9. The smallest absolute Gasteiger partial charge is 0.325 e. The molecule has 2 aliphatic rings. The molecule has 1 N–H and O–H groups in total. The fraction of sp³-hybridized carbons (Fsp3) is 0.286. The fourth-order valence-corrected chi connectivity index (χ4v) is 3.68. The molecule has 29 heavy (non-hydrogen) atoms. The molecule has 2 aromatic rings. The lowest BCUT2D eigenvalue weighted by molar-refractivity contribution is -0.132. The van der Waals surface area contributed by atoms with Crippen LogP contribution in [0.25, 0.3) is 0 Å². The van der Waals surface area contributed by atoms with E-state index in [9.17, 15) is 9.59 Å². The highest BCUT2D eigenvalue weighted by atomic mass is 16.5. The number of nitriles is 1. The second-order valence-electron chi connectivity index (χ2n) is 6.71. The summed E-state index contributed by atoms with van der Waals surface area (Å²) in [6.45, 7) is 0.518. The Kier molecular flexibility index (Phi) is 4.72. The van der Waals surface area contributed by atoms with Crippen molar-refractivity contribution in [1.82, 2.24) is 10.2 Å². The largest absolute Gasteiger partial charge is 0.493 e. The van der Waals surface area contributed by atoms with E-state index in [0.717, 1.165) is 4.90 Å². The van der Waals surface area contributed by atoms with Crippen LogP contribution >= 0.6 is 0 Å². The third-order valence-corrected chi connectivity index (χ3v) is 5.12. The van der Waals surface area contributed by atoms with Crippen molar-refractivity contribution in [2.45, 2.75) is 12.0 Å². The molecule has 2 aliphatic heterocycles. The summed E-state index contributed by atoms with van der Waals surface area (Å²) in [6, 6.07) is 13.6. The van der Waals surface area contributed by atoms with Gasteiger partial charge in [0.25, 0.3) is 5.91 Å². The molecule has 8 nitrogen and oxygen atoms in total. The van der Waals surface area contributed by atoms with Crippen molar-refractivity contribution in [2.24, 2.45) is 0 Å². The van der Waals surface area contributed by atoms with E-state index in [-0.39, 0.29) is 19.1 Å². The number of carbonyl (C=O) groups excluding carboxylic acids is 2. The van der Waals surface area contributed by atoms with Crippen LogP contribution in [0.3, 0.4) is 0 Å². The molecule has 4 rings (SSSR count). The lowest BCUT2D eigenvalue weighted by Crippen LogP contribution is -2.47. The zero-order chi connectivity index (χ0) is 20.4. The number of nitrogens with one attached hydrogen (secondary N) is 1. The molecule has 8 heteroatoms. The molecule has 1 atom stereocenters. The van der Waals surface area contributed by atoms with E-state index in [4.69, 9.17) is 19.5 Å². The number of amides is 3. The van der Waals surface area contributed by atoms with Crippen LogP contribution in [0.2, 0.25) is 0 Å². The SMILES string of the molecule is COc1cc(C#N)ccc1OCCN1C(=O)NC2(CCOc3ccccc32)C1=O. The van der Waals surface area contributed by atoms with Crippen LogP contribution in [-0.4, -0.2) is 43.7 Å². The van der Waals surface area contributed by atoms with Crippen molar-refractivity contribution >= 4 is 11.9 Å². The summed E-state index contributed by atoms with van der Waals surface area (Å²) in [6.07, 6.45) is 0.370. The van der Waals surface area contributed by atoms with Gasteiger partial charge in [0.1, 0.15) is 12.4 Å². The van der Waals surface area contributed by atoms with E-state index in [1.807, 2.05) is 18.2 Å². The molecule has 1 saturated heterocycles. The van der Waals surface area contributed by atoms with Crippen molar-refractivity contribution in [3.8, 4) is 23.3 Å². The van der Waals surface area contributed by atoms with E-state index < -0.39 is 11.6 Å². The van der Waals surface area contributed by atoms with Gasteiger partial charge in [0.15, 0.2) is 17.0 Å². The van der Waals surface area contributed by atoms with Crippen LogP contribution in [0.4, 0.5) is 4.79 Å². The van der Waals surface area contributed by atoms with Gasteiger partial charge in [-0.25, -0.2) is 4.79 Å². The standard InChI is InChI=1S/C21H19N3O5/c1-27-18-12-14(13-22)6-7-17(18)29-11-9-24-19(25)21(23-20(24)26)8-10-28-16-5-3-2-4-15(16)21/h2-7,12H,8-11H2,1H3,(H,23,26). The molecular weight excluding hydrogens is 374 g/mol. The third-order valence-electron chi connectivity index (χ3n) is 5.12. The summed E-state index contributed by atoms with van der Waals surface area (Å²) in [7, 11) is 1.48. The minimum Gasteiger partial charge on any atom is -0.493 e. The van der Waals surface area contributed by atoms with Gasteiger partial charge in [0.2, 0.25) is 0 Å². The number of rotatable bonds is 5. The monoisotopic (exact) mass is 393 g/mol. The zero-order valence-electron chi connectivity index (χ0n) is 15.8. The van der Waals surface area contributed by atoms with Crippen molar-refractivity contribution in [1.29, 1.82) is 5.26 Å². The maximum absolute atomic E-state index is 13.2. The number of carbonyl (C=O) groups is 2. The highest BCUT2D eigenvalue weighted by Crippen LogP contribution is 2.40. The number of hydrogen-bond acceptors (Lipinski definition) is 6. The molecule has 2 aromatic carbocycles. The number of benzene rings is 2. The lowest BCUT2D eigenvalue weighted by atomic mass is 9.84. The van der Waals surface area contributed by atoms with E-state index >= 15 is 0 Å². The van der Waals surface area contributed by atoms with Crippen molar-refractivity contribution in [3.05, 3.63) is 53.6 Å². The predicted octanol–water partition coefficient (Wildman–Crippen LogP) is 2.18. The van der Waals surface area contributed by atoms with Crippen LogP contribution < -0.4 is 19.5 Å². The quantitative estimate of drug-likeness (QED) is 0.782. The Balaban J connectivity index is 1.48. The Hall–Kier alpha value is -3.73. The zero-order valence-corrected chi connectivity index (χ0v) is 15.8. The van der Waals surface area contributed by atoms with Crippen LogP contribution in [0.1, 0.15) is 17.5 Å². The van der Waals surface area contributed by atoms with Crippen LogP contribution in [0.15, 0.2) is 42.5 Å². The molecule has 0 aliphatic carbocycles. The van der Waals surface area contributed by atoms with Gasteiger partial charge in [-0.05, 0) is 18.2 Å². The lowest BCUT2D eigenvalue weighted by Gasteiger charge is -2.33. The molecule has 3 amide bonds. The average Bonchev–Trinajstić information content (AvgIpc) is 2.98. The summed E-state index contributed by atoms with van der Waals surface area (Å²) in [5.74, 6) is 1.14. The average molecular weight is 393 g/mol. The topological polar surface area (TPSA) is 101 Å². The second-order valence-corrected chi connectivity index (χ2v) is 6.71. The van der Waals surface area contributed by atoms with Crippen LogP contribution in [0.5, 0.6) is 17.2 Å². The molecule has 0 saturated carbocycles. The molecule has 0 radical (unpaired) electrons. The first-order valence-corrected chi connectivity index (χ1v) is 9.16. The fourth-order valence-electron chi connectivity index (χ4n) is 3.68. The number of para-hydroxylation sites is 1. The molecule has 1 spiro atoms. The van der Waals surface area contributed by atoms with Crippen molar-refractivity contribution < 1.29 is 23.8 Å². The summed E-state index contributed by atoms with van der Waals surface area (Å²) in [5, 5.41) is 11.8. The highest BCUT2D eigenvalue weighted by molar-refractivity contribution is 6.08. The molecule has 2 heterocycles. The summed E-state index contributed by atoms with van der Waals surface area (Å²) >= 11 is 0. The number of hydrogen-bond donors (Lipinski definition) is 1. The van der Waals surface area contributed by atoms with Crippen molar-refractivity contribution in [2.75, 3.05) is 26.9 Å². The Morgan fingerprint density at radius 1 is 1.24 bits per heavy atom. The second kappa shape index (κ2) is 7.36. The van der Waals surface area contributed by atoms with Gasteiger partial charge in [-0.3, -0.25) is 9.69 Å². The first-order valence-electron chi connectivity index (χ1n) is 9.16. The van der Waals surface area contributed by atoms with E-state index in [1.165, 1.54) is 7.11 Å². The van der Waals surface area contributed by atoms with Gasteiger partial charge in [0, 0.05) is 18.1 Å². The Morgan fingerprint density at radius 3 is 2.86 bits per heavy atom. The highest BCUT2D eigenvalue weighted by Gasteiger charge is 2.54. The van der Waals surface area contributed by atoms with Gasteiger partial charge in [0.05, 0.1) is 31.9 Å². The van der Waals surface area contributed by atoms with Crippen molar-refractivity contribution in [3.63, 3.8) is 0 Å². The third kappa shape index (κ3) is 3.10. The minimum absolute atomic E-state index is 0.0819. The maximum atomic E-state index is 13.2. The number of methoxy groups -OCH3 is 1. The predicted molar refractivity (Wildman–Crippen MR) is 102 cm³/mol. The number of fused-ring (bicyclic) bond motifs is 2. The maximum Gasteiger partial charge on any atom is 0.325 e. The Morgan fingerprint density at radius 2 is 2.07 bits per heavy atom. The molecule has 0 bridgehead atoms. The molecular formula is C21H19N3O5. The molecule has 1 unspecified atom stereocenters. The van der Waals surface area contributed by atoms with Gasteiger partial charge >= 0.3 is 6.03 Å². The molecule has 148 valence electrons. The first kappa shape index (κ1) is 18.6. The molecule has 0 aromatic heterocycles. The Bertz CT molecular complexity index is 1020. The Labute approximate surface area is 167 Å². The van der Waals surface area contributed by atoms with E-state index in [0.29, 0.717) is 41.4 Å². The number of imide groups is 1. The number of urea groups is 1. The van der Waals surface area contributed by atoms with Crippen LogP contribution in [-0.2, 0) is 10.3 Å². The van der Waals surface area contributed by atoms with Crippen LogP contribution in [0, 0.1) is 11.3 Å². The number of ether oxygens (including phenoxy) is 3. The minimum atomic E-state index is -1.10. The first-order chi connectivity index (χ1) is 14.1. The summed E-state index contributed by atoms with van der Waals surface area (Å²) in [5.41, 5.74) is 0.0168. The van der Waals surface area contributed by atoms with Gasteiger partial charge < -0.3 is 19.5 Å². The molecule has 1 fully saturated rings. The summed E-state index contributed by atoms with van der Waals surface area (Å²) < 4.78 is 16.6. The number of nitrogens with zero attached hydrogens (tertiary/aromatic N) is 2. The van der Waals surface area contributed by atoms with Gasteiger partial charge in [-0.2, -0.15) is 5.26 Å².